The van der Waals surface area contributed by atoms with Gasteiger partial charge >= 0.3 is 5.97 Å². The van der Waals surface area contributed by atoms with Crippen LogP contribution in [-0.2, 0) is 0 Å². The van der Waals surface area contributed by atoms with E-state index >= 15 is 0 Å². The molecular formula is C8H6N4O2S2. The van der Waals surface area contributed by atoms with Gasteiger partial charge in [-0.3, -0.25) is 0 Å². The van der Waals surface area contributed by atoms with Crippen LogP contribution in [0.3, 0.4) is 0 Å². The lowest BCUT2D eigenvalue weighted by Gasteiger charge is -2.00. The molecule has 0 aliphatic heterocycles. The van der Waals surface area contributed by atoms with Crippen molar-refractivity contribution in [2.45, 2.75) is 16.4 Å². The van der Waals surface area contributed by atoms with Gasteiger partial charge in [0.15, 0.2) is 9.50 Å². The fourth-order valence-electron chi connectivity index (χ4n) is 0.990. The predicted molar refractivity (Wildman–Crippen MR) is 57.8 cm³/mol. The molecule has 2 aromatic rings. The summed E-state index contributed by atoms with van der Waals surface area (Å²) in [6.45, 7) is 1.63. The molecule has 0 saturated heterocycles. The van der Waals surface area contributed by atoms with Crippen molar-refractivity contribution in [1.29, 1.82) is 0 Å². The first-order chi connectivity index (χ1) is 7.66. The van der Waals surface area contributed by atoms with E-state index < -0.39 is 5.97 Å². The maximum Gasteiger partial charge on any atom is 0.339 e. The minimum atomic E-state index is -1.02. The van der Waals surface area contributed by atoms with Gasteiger partial charge in [0.05, 0.1) is 11.3 Å². The first-order valence-electron chi connectivity index (χ1n) is 4.18. The fourth-order valence-corrected chi connectivity index (χ4v) is 2.35. The summed E-state index contributed by atoms with van der Waals surface area (Å²) in [7, 11) is 0. The normalized spacial score (nSPS) is 10.3. The Labute approximate surface area is 98.8 Å². The maximum absolute atomic E-state index is 10.7. The van der Waals surface area contributed by atoms with Gasteiger partial charge in [0.25, 0.3) is 0 Å². The highest BCUT2D eigenvalue weighted by molar-refractivity contribution is 8.00. The summed E-state index contributed by atoms with van der Waals surface area (Å²) in [6, 6.07) is 0. The second-order valence-electron chi connectivity index (χ2n) is 2.76. The number of carboxylic acids is 1. The molecule has 0 spiro atoms. The average molecular weight is 254 g/mol. The SMILES string of the molecule is Cc1nc(Sc2nncs2)ncc1C(=O)O. The van der Waals surface area contributed by atoms with Crippen LogP contribution in [0.2, 0.25) is 0 Å². The van der Waals surface area contributed by atoms with Crippen LogP contribution >= 0.6 is 23.1 Å². The van der Waals surface area contributed by atoms with Gasteiger partial charge in [-0.05, 0) is 18.7 Å². The van der Waals surface area contributed by atoms with E-state index in [1.807, 2.05) is 0 Å². The molecule has 0 radical (unpaired) electrons. The van der Waals surface area contributed by atoms with Crippen molar-refractivity contribution in [1.82, 2.24) is 20.2 Å². The van der Waals surface area contributed by atoms with E-state index in [0.29, 0.717) is 10.9 Å². The van der Waals surface area contributed by atoms with Crippen molar-refractivity contribution in [3.8, 4) is 0 Å². The first kappa shape index (κ1) is 11.0. The van der Waals surface area contributed by atoms with Crippen LogP contribution in [-0.4, -0.2) is 31.2 Å². The van der Waals surface area contributed by atoms with Gasteiger partial charge in [-0.15, -0.1) is 10.2 Å². The number of aryl methyl sites for hydroxylation is 1. The quantitative estimate of drug-likeness (QED) is 0.830. The molecule has 0 aromatic carbocycles. The van der Waals surface area contributed by atoms with Crippen molar-refractivity contribution >= 4 is 29.1 Å². The molecule has 0 bridgehead atoms. The number of aromatic nitrogens is 4. The van der Waals surface area contributed by atoms with Crippen LogP contribution in [0.4, 0.5) is 0 Å². The van der Waals surface area contributed by atoms with Crippen molar-refractivity contribution in [3.63, 3.8) is 0 Å². The maximum atomic E-state index is 10.7. The predicted octanol–water partition coefficient (Wildman–Crippen LogP) is 1.49. The van der Waals surface area contributed by atoms with Crippen LogP contribution in [0.25, 0.3) is 0 Å². The summed E-state index contributed by atoms with van der Waals surface area (Å²) in [5.41, 5.74) is 2.16. The molecule has 0 amide bonds. The summed E-state index contributed by atoms with van der Waals surface area (Å²) in [6.07, 6.45) is 1.30. The molecule has 0 unspecified atom stereocenters. The molecule has 0 saturated carbocycles. The Bertz CT molecular complexity index is 515. The zero-order valence-corrected chi connectivity index (χ0v) is 9.75. The third-order valence-corrected chi connectivity index (χ3v) is 3.36. The van der Waals surface area contributed by atoms with E-state index in [2.05, 4.69) is 20.2 Å². The molecule has 2 aromatic heterocycles. The molecule has 0 fully saturated rings. The van der Waals surface area contributed by atoms with Crippen molar-refractivity contribution < 1.29 is 9.90 Å². The second-order valence-corrected chi connectivity index (χ2v) is 4.81. The van der Waals surface area contributed by atoms with Gasteiger partial charge in [0.1, 0.15) is 5.51 Å². The topological polar surface area (TPSA) is 88.9 Å². The van der Waals surface area contributed by atoms with Gasteiger partial charge in [-0.1, -0.05) is 11.3 Å². The van der Waals surface area contributed by atoms with Gasteiger partial charge in [0.2, 0.25) is 0 Å². The van der Waals surface area contributed by atoms with Gasteiger partial charge < -0.3 is 5.11 Å². The Balaban J connectivity index is 2.24. The Kier molecular flexibility index (Phi) is 3.11. The molecule has 1 N–H and O–H groups in total. The Hall–Kier alpha value is -1.54. The Morgan fingerprint density at radius 2 is 2.38 bits per heavy atom. The van der Waals surface area contributed by atoms with Gasteiger partial charge in [-0.2, -0.15) is 0 Å². The lowest BCUT2D eigenvalue weighted by molar-refractivity contribution is 0.0695. The molecule has 6 nitrogen and oxygen atoms in total. The monoisotopic (exact) mass is 254 g/mol. The Morgan fingerprint density at radius 1 is 1.56 bits per heavy atom. The van der Waals surface area contributed by atoms with Crippen LogP contribution in [0.1, 0.15) is 16.1 Å². The van der Waals surface area contributed by atoms with Crippen molar-refractivity contribution in [2.24, 2.45) is 0 Å². The fraction of sp³-hybridized carbons (Fsp3) is 0.125. The summed E-state index contributed by atoms with van der Waals surface area (Å²) in [4.78, 5) is 18.8. The number of carbonyl (C=O) groups is 1. The number of aromatic carboxylic acids is 1. The molecule has 82 valence electrons. The van der Waals surface area contributed by atoms with Gasteiger partial charge in [-0.25, -0.2) is 14.8 Å². The van der Waals surface area contributed by atoms with E-state index in [1.165, 1.54) is 29.3 Å². The second kappa shape index (κ2) is 4.54. The van der Waals surface area contributed by atoms with Crippen molar-refractivity contribution in [3.05, 3.63) is 23.0 Å². The lowest BCUT2D eigenvalue weighted by atomic mass is 10.2. The van der Waals surface area contributed by atoms with E-state index in [-0.39, 0.29) is 5.56 Å². The van der Waals surface area contributed by atoms with E-state index in [4.69, 9.17) is 5.11 Å². The molecule has 2 rings (SSSR count). The molecule has 0 aliphatic rings. The number of rotatable bonds is 3. The molecular weight excluding hydrogens is 248 g/mol. The third-order valence-electron chi connectivity index (χ3n) is 1.71. The number of hydrogen-bond donors (Lipinski definition) is 1. The summed E-state index contributed by atoms with van der Waals surface area (Å²) < 4.78 is 0.725. The third kappa shape index (κ3) is 2.34. The zero-order valence-electron chi connectivity index (χ0n) is 8.12. The molecule has 0 aliphatic carbocycles. The number of hydrogen-bond acceptors (Lipinski definition) is 7. The molecule has 8 heteroatoms. The average Bonchev–Trinajstić information content (AvgIpc) is 2.70. The van der Waals surface area contributed by atoms with Crippen LogP contribution in [0.15, 0.2) is 21.2 Å². The van der Waals surface area contributed by atoms with Crippen LogP contribution in [0, 0.1) is 6.92 Å². The highest BCUT2D eigenvalue weighted by Gasteiger charge is 2.11. The molecule has 2 heterocycles. The minimum absolute atomic E-state index is 0.113. The highest BCUT2D eigenvalue weighted by atomic mass is 32.2. The smallest absolute Gasteiger partial charge is 0.339 e. The number of carboxylic acid groups (broad SMARTS) is 1. The minimum Gasteiger partial charge on any atom is -0.478 e. The molecule has 16 heavy (non-hydrogen) atoms. The van der Waals surface area contributed by atoms with E-state index in [0.717, 1.165) is 4.34 Å². The summed E-state index contributed by atoms with van der Waals surface area (Å²) in [5, 5.41) is 16.8. The van der Waals surface area contributed by atoms with Crippen LogP contribution in [0.5, 0.6) is 0 Å². The summed E-state index contributed by atoms with van der Waals surface area (Å²) in [5.74, 6) is -1.02. The largest absolute Gasteiger partial charge is 0.478 e. The van der Waals surface area contributed by atoms with Crippen LogP contribution < -0.4 is 0 Å². The zero-order chi connectivity index (χ0) is 11.5. The van der Waals surface area contributed by atoms with E-state index in [1.54, 1.807) is 12.4 Å². The first-order valence-corrected chi connectivity index (χ1v) is 5.87. The summed E-state index contributed by atoms with van der Waals surface area (Å²) >= 11 is 2.64. The Morgan fingerprint density at radius 3 is 2.94 bits per heavy atom. The van der Waals surface area contributed by atoms with Crippen molar-refractivity contribution in [2.75, 3.05) is 0 Å². The number of nitrogens with zero attached hydrogens (tertiary/aromatic N) is 4. The highest BCUT2D eigenvalue weighted by Crippen LogP contribution is 2.25. The standard InChI is InChI=1S/C8H6N4O2S2/c1-4-5(6(13)14)2-9-7(11-4)16-8-12-10-3-15-8/h2-3H,1H3,(H,13,14). The molecule has 0 atom stereocenters. The van der Waals surface area contributed by atoms with Gasteiger partial charge in [0, 0.05) is 6.20 Å². The lowest BCUT2D eigenvalue weighted by Crippen LogP contribution is -2.03. The van der Waals surface area contributed by atoms with E-state index in [9.17, 15) is 4.79 Å².